The number of nitrogens with zero attached hydrogens (tertiary/aromatic N) is 4. The van der Waals surface area contributed by atoms with Crippen LogP contribution in [0.15, 0.2) is 114 Å². The van der Waals surface area contributed by atoms with Crippen LogP contribution in [0.4, 0.5) is 17.6 Å². The van der Waals surface area contributed by atoms with E-state index in [-0.39, 0.29) is 26.5 Å². The lowest BCUT2D eigenvalue weighted by Gasteiger charge is -2.39. The molecule has 1 saturated heterocycles. The van der Waals surface area contributed by atoms with Crippen molar-refractivity contribution in [3.8, 4) is 11.8 Å². The molecule has 2 heterocycles. The summed E-state index contributed by atoms with van der Waals surface area (Å²) in [4.78, 5) is 31.6. The van der Waals surface area contributed by atoms with Crippen molar-refractivity contribution in [1.29, 1.82) is 5.26 Å². The lowest BCUT2D eigenvalue weighted by Crippen LogP contribution is -2.50. The highest BCUT2D eigenvalue weighted by Crippen LogP contribution is 2.30. The van der Waals surface area contributed by atoms with Crippen LogP contribution in [0.3, 0.4) is 0 Å². The molecule has 0 atom stereocenters. The maximum absolute atomic E-state index is 14.0. The van der Waals surface area contributed by atoms with E-state index >= 15 is 0 Å². The second kappa shape index (κ2) is 13.8. The van der Waals surface area contributed by atoms with Crippen LogP contribution in [0.5, 0.6) is 0 Å². The van der Waals surface area contributed by atoms with Crippen molar-refractivity contribution in [1.82, 2.24) is 14.4 Å². The van der Waals surface area contributed by atoms with E-state index in [1.54, 1.807) is 4.90 Å². The number of carbonyl (C=O) groups is 1. The predicted molar refractivity (Wildman–Crippen MR) is 176 cm³/mol. The van der Waals surface area contributed by atoms with Gasteiger partial charge in [0.1, 0.15) is 16.5 Å². The summed E-state index contributed by atoms with van der Waals surface area (Å²) in [5.74, 6) is -1.09. The van der Waals surface area contributed by atoms with Gasteiger partial charge in [0, 0.05) is 26.2 Å². The number of aromatic nitrogens is 1. The highest BCUT2D eigenvalue weighted by Gasteiger charge is 2.31. The fraction of sp³-hybridized carbons (Fsp3) is 0.162. The monoisotopic (exact) mass is 668 g/mol. The summed E-state index contributed by atoms with van der Waals surface area (Å²) in [7, 11) is 0. The number of benzene rings is 4. The van der Waals surface area contributed by atoms with E-state index < -0.39 is 29.0 Å². The van der Waals surface area contributed by atoms with Gasteiger partial charge >= 0.3 is 6.18 Å². The first-order valence-electron chi connectivity index (χ1n) is 15.1. The molecule has 0 saturated carbocycles. The third-order valence-electron chi connectivity index (χ3n) is 8.18. The third-order valence-corrected chi connectivity index (χ3v) is 9.27. The number of hydrogen-bond acceptors (Lipinski definition) is 5. The minimum absolute atomic E-state index is 0.0340. The zero-order chi connectivity index (χ0) is 33.8. The zero-order valence-corrected chi connectivity index (χ0v) is 26.2. The maximum Gasteiger partial charge on any atom is 0.416 e. The standard InChI is InChI=1S/C37H28F4N4O2S/c38-29-15-17-30(18-16-29)45-35(47)32(23-25-11-13-28(14-12-25)37(39,40)41)48-36(45)31(24-42)34(46)44-21-19-43(20-22-44)33(26-7-3-1-4-8-26)27-9-5-2-6-10-27/h1-18,23,33H,19-22H2/b32-23+,36-31-. The second-order valence-electron chi connectivity index (χ2n) is 11.2. The molecule has 48 heavy (non-hydrogen) atoms. The van der Waals surface area contributed by atoms with Crippen LogP contribution >= 0.6 is 11.3 Å². The Bertz CT molecular complexity index is 2090. The third kappa shape index (κ3) is 6.86. The summed E-state index contributed by atoms with van der Waals surface area (Å²) in [5.41, 5.74) is 1.10. The Morgan fingerprint density at radius 2 is 1.38 bits per heavy atom. The first-order chi connectivity index (χ1) is 23.1. The van der Waals surface area contributed by atoms with Gasteiger partial charge in [-0.2, -0.15) is 18.4 Å². The Labute approximate surface area is 277 Å². The zero-order valence-electron chi connectivity index (χ0n) is 25.4. The molecule has 0 aliphatic carbocycles. The normalized spacial score (nSPS) is 15.0. The van der Waals surface area contributed by atoms with E-state index in [0.717, 1.165) is 46.7 Å². The van der Waals surface area contributed by atoms with E-state index in [1.807, 2.05) is 42.5 Å². The van der Waals surface area contributed by atoms with Crippen LogP contribution in [0.25, 0.3) is 17.3 Å². The quantitative estimate of drug-likeness (QED) is 0.225. The number of halogens is 4. The molecular weight excluding hydrogens is 640 g/mol. The van der Waals surface area contributed by atoms with Crippen molar-refractivity contribution in [2.45, 2.75) is 12.2 Å². The predicted octanol–water partition coefficient (Wildman–Crippen LogP) is 5.49. The number of thiazole rings is 1. The lowest BCUT2D eigenvalue weighted by atomic mass is 9.96. The first-order valence-corrected chi connectivity index (χ1v) is 15.9. The Morgan fingerprint density at radius 1 is 0.812 bits per heavy atom. The molecule has 1 fully saturated rings. The van der Waals surface area contributed by atoms with Gasteiger partial charge in [-0.25, -0.2) is 4.39 Å². The highest BCUT2D eigenvalue weighted by atomic mass is 32.1. The molecule has 1 amide bonds. The number of piperazine rings is 1. The van der Waals surface area contributed by atoms with Gasteiger partial charge in [0.2, 0.25) is 0 Å². The number of nitriles is 1. The van der Waals surface area contributed by atoms with Crippen molar-refractivity contribution in [3.05, 3.63) is 157 Å². The fourth-order valence-corrected chi connectivity index (χ4v) is 6.90. The number of carbonyl (C=O) groups excluding carboxylic acids is 1. The molecule has 6 nitrogen and oxygen atoms in total. The summed E-state index contributed by atoms with van der Waals surface area (Å²) in [6, 6.07) is 31.5. The SMILES string of the molecule is N#C/C(C(=O)N1CCN(C(c2ccccc2)c2ccccc2)CC1)=c1/s/c(=C/c2ccc(C(F)(F)F)cc2)c(=O)n1-c1ccc(F)cc1. The van der Waals surface area contributed by atoms with Crippen molar-refractivity contribution in [2.75, 3.05) is 26.2 Å². The molecule has 0 spiro atoms. The minimum atomic E-state index is -4.52. The van der Waals surface area contributed by atoms with Crippen LogP contribution in [-0.4, -0.2) is 46.5 Å². The molecule has 0 unspecified atom stereocenters. The highest BCUT2D eigenvalue weighted by molar-refractivity contribution is 7.07. The van der Waals surface area contributed by atoms with Crippen LogP contribution < -0.4 is 14.8 Å². The van der Waals surface area contributed by atoms with E-state index in [9.17, 15) is 32.4 Å². The van der Waals surface area contributed by atoms with Crippen LogP contribution in [-0.2, 0) is 11.0 Å². The van der Waals surface area contributed by atoms with Gasteiger partial charge in [-0.15, -0.1) is 11.3 Å². The molecule has 4 aromatic carbocycles. The fourth-order valence-electron chi connectivity index (χ4n) is 5.81. The summed E-state index contributed by atoms with van der Waals surface area (Å²) < 4.78 is 54.4. The van der Waals surface area contributed by atoms with Gasteiger partial charge in [-0.3, -0.25) is 19.1 Å². The summed E-state index contributed by atoms with van der Waals surface area (Å²) in [5, 5.41) is 10.3. The van der Waals surface area contributed by atoms with Crippen LogP contribution in [0.2, 0.25) is 0 Å². The van der Waals surface area contributed by atoms with Crippen LogP contribution in [0, 0.1) is 17.1 Å². The molecule has 0 N–H and O–H groups in total. The summed E-state index contributed by atoms with van der Waals surface area (Å²) in [6.07, 6.45) is -3.11. The molecule has 242 valence electrons. The Balaban J connectivity index is 1.36. The largest absolute Gasteiger partial charge is 0.416 e. The summed E-state index contributed by atoms with van der Waals surface area (Å²) >= 11 is 0.876. The molecule has 0 radical (unpaired) electrons. The van der Waals surface area contributed by atoms with Gasteiger partial charge in [-0.1, -0.05) is 72.8 Å². The van der Waals surface area contributed by atoms with Crippen molar-refractivity contribution in [2.24, 2.45) is 0 Å². The molecule has 0 bridgehead atoms. The number of hydrogen-bond donors (Lipinski definition) is 0. The smallest absolute Gasteiger partial charge is 0.335 e. The van der Waals surface area contributed by atoms with Gasteiger partial charge < -0.3 is 4.90 Å². The van der Waals surface area contributed by atoms with Crippen molar-refractivity contribution < 1.29 is 22.4 Å². The molecular formula is C37H28F4N4O2S. The summed E-state index contributed by atoms with van der Waals surface area (Å²) in [6.45, 7) is 1.72. The molecule has 5 aromatic rings. The van der Waals surface area contributed by atoms with Crippen molar-refractivity contribution >= 4 is 28.9 Å². The number of rotatable bonds is 6. The minimum Gasteiger partial charge on any atom is -0.335 e. The van der Waals surface area contributed by atoms with Gasteiger partial charge in [0.05, 0.1) is 21.8 Å². The molecule has 1 aliphatic rings. The molecule has 6 rings (SSSR count). The number of amides is 1. The molecule has 1 aromatic heterocycles. The average Bonchev–Trinajstić information content (AvgIpc) is 3.41. The van der Waals surface area contributed by atoms with E-state index in [2.05, 4.69) is 29.2 Å². The lowest BCUT2D eigenvalue weighted by molar-refractivity contribution is -0.137. The Kier molecular flexibility index (Phi) is 9.39. The Hall–Kier alpha value is -5.31. The maximum atomic E-state index is 14.0. The van der Waals surface area contributed by atoms with Crippen LogP contribution in [0.1, 0.15) is 28.3 Å². The molecule has 1 aliphatic heterocycles. The van der Waals surface area contributed by atoms with Crippen molar-refractivity contribution in [3.63, 3.8) is 0 Å². The molecule has 11 heteroatoms. The van der Waals surface area contributed by atoms with E-state index in [1.165, 1.54) is 34.9 Å². The van der Waals surface area contributed by atoms with Gasteiger partial charge in [0.25, 0.3) is 11.5 Å². The second-order valence-corrected chi connectivity index (χ2v) is 12.2. The number of alkyl halides is 3. The van der Waals surface area contributed by atoms with Gasteiger partial charge in [0.15, 0.2) is 5.57 Å². The Morgan fingerprint density at radius 3 is 1.90 bits per heavy atom. The average molecular weight is 669 g/mol. The van der Waals surface area contributed by atoms with E-state index in [0.29, 0.717) is 31.7 Å². The van der Waals surface area contributed by atoms with Gasteiger partial charge in [-0.05, 0) is 59.2 Å². The van der Waals surface area contributed by atoms with E-state index in [4.69, 9.17) is 0 Å². The first kappa shape index (κ1) is 32.6. The topological polar surface area (TPSA) is 69.3 Å².